The van der Waals surface area contributed by atoms with E-state index < -0.39 is 145 Å². The van der Waals surface area contributed by atoms with E-state index in [0.717, 1.165) is 6.07 Å². The van der Waals surface area contributed by atoms with E-state index in [1.165, 1.54) is 31.2 Å². The molecule has 0 bridgehead atoms. The summed E-state index contributed by atoms with van der Waals surface area (Å²) in [7, 11) is 0. The fourth-order valence-electron chi connectivity index (χ4n) is 6.27. The fraction of sp³-hybridized carbons (Fsp3) is 0.545. The summed E-state index contributed by atoms with van der Waals surface area (Å²) in [6.07, 6.45) is -25.5. The monoisotopic (exact) mass is 772 g/mol. The predicted molar refractivity (Wildman–Crippen MR) is 173 cm³/mol. The summed E-state index contributed by atoms with van der Waals surface area (Å²) in [6.45, 7) is 0.0540. The van der Waals surface area contributed by atoms with E-state index in [1.54, 1.807) is 0 Å². The fourth-order valence-corrected chi connectivity index (χ4v) is 6.27. The van der Waals surface area contributed by atoms with Crippen LogP contribution in [0.5, 0.6) is 28.7 Å². The van der Waals surface area contributed by atoms with Crippen LogP contribution in [0.15, 0.2) is 39.5 Å². The maximum absolute atomic E-state index is 14.2. The molecule has 6 rings (SSSR count). The molecule has 4 heterocycles. The van der Waals surface area contributed by atoms with Crippen LogP contribution in [0.1, 0.15) is 6.92 Å². The first-order chi connectivity index (χ1) is 25.5. The summed E-state index contributed by atoms with van der Waals surface area (Å²) in [5, 5.41) is 133. The average Bonchev–Trinajstić information content (AvgIpc) is 3.13. The van der Waals surface area contributed by atoms with Crippen molar-refractivity contribution in [3.8, 4) is 40.1 Å². The summed E-state index contributed by atoms with van der Waals surface area (Å²) >= 11 is 0. The Kier molecular flexibility index (Phi) is 11.5. The van der Waals surface area contributed by atoms with Gasteiger partial charge >= 0.3 is 0 Å². The van der Waals surface area contributed by atoms with Crippen molar-refractivity contribution < 1.29 is 99.2 Å². The van der Waals surface area contributed by atoms with E-state index in [0.29, 0.717) is 0 Å². The number of phenols is 3. The van der Waals surface area contributed by atoms with Gasteiger partial charge in [0.05, 0.1) is 12.7 Å². The van der Waals surface area contributed by atoms with Gasteiger partial charge in [0.2, 0.25) is 16.9 Å². The summed E-state index contributed by atoms with van der Waals surface area (Å²) < 4.78 is 38.6. The number of phenolic OH excluding ortho intramolecular Hbond substituents is 3. The van der Waals surface area contributed by atoms with Crippen LogP contribution in [0.3, 0.4) is 0 Å². The van der Waals surface area contributed by atoms with Gasteiger partial charge in [-0.05, 0) is 31.2 Å². The van der Waals surface area contributed by atoms with Gasteiger partial charge in [-0.25, -0.2) is 0 Å². The largest absolute Gasteiger partial charge is 0.508 e. The van der Waals surface area contributed by atoms with Crippen LogP contribution >= 0.6 is 0 Å². The minimum Gasteiger partial charge on any atom is -0.508 e. The van der Waals surface area contributed by atoms with Gasteiger partial charge in [-0.15, -0.1) is 0 Å². The van der Waals surface area contributed by atoms with Crippen LogP contribution in [-0.2, 0) is 18.9 Å². The Hall–Kier alpha value is -3.91. The van der Waals surface area contributed by atoms with Crippen molar-refractivity contribution in [2.75, 3.05) is 13.2 Å². The second-order valence-electron chi connectivity index (χ2n) is 13.1. The van der Waals surface area contributed by atoms with Crippen LogP contribution in [0, 0.1) is 0 Å². The molecule has 3 saturated heterocycles. The molecule has 21 nitrogen and oxygen atoms in total. The molecular weight excluding hydrogens is 732 g/mol. The molecule has 3 aliphatic heterocycles. The van der Waals surface area contributed by atoms with E-state index in [2.05, 4.69) is 0 Å². The maximum atomic E-state index is 14.2. The second kappa shape index (κ2) is 15.7. The number of hydrogen-bond acceptors (Lipinski definition) is 21. The van der Waals surface area contributed by atoms with Gasteiger partial charge < -0.3 is 99.2 Å². The highest BCUT2D eigenvalue weighted by Crippen LogP contribution is 2.44. The Morgan fingerprint density at radius 1 is 0.667 bits per heavy atom. The number of ether oxygens (including phenoxy) is 6. The number of aliphatic hydroxyl groups excluding tert-OH is 10. The quantitative estimate of drug-likeness (QED) is 0.0980. The number of hydrogen-bond donors (Lipinski definition) is 13. The lowest BCUT2D eigenvalue weighted by Gasteiger charge is -2.42. The zero-order valence-corrected chi connectivity index (χ0v) is 28.0. The SMILES string of the molecule is CC1OC(OCC2OC(O)C(O)C(O)C2O)C(O)C(O)C1Oc1c(-c2ccc(O)cc2)oc2cc(O)c(OCC3OC(O)C(O)C(O)C3O)c(O)c2c1=O. The molecule has 2 aromatic carbocycles. The molecule has 15 unspecified atom stereocenters. The molecule has 0 saturated carbocycles. The van der Waals surface area contributed by atoms with E-state index in [-0.39, 0.29) is 17.1 Å². The Morgan fingerprint density at radius 2 is 1.24 bits per heavy atom. The van der Waals surface area contributed by atoms with Crippen molar-refractivity contribution in [1.29, 1.82) is 0 Å². The van der Waals surface area contributed by atoms with Crippen molar-refractivity contribution in [2.24, 2.45) is 0 Å². The molecule has 3 aliphatic rings. The molecule has 0 radical (unpaired) electrons. The highest BCUT2D eigenvalue weighted by atomic mass is 16.7. The summed E-state index contributed by atoms with van der Waals surface area (Å²) in [5.41, 5.74) is -1.37. The standard InChI is InChI=1S/C33H40O21/c1-9-27(23(42)26(45)33(50-9)49-8-15-18(37)22(41)25(44)32(47)53-15)54-30-20(39)16-13(51-28(30)10-2-4-11(34)5-3-10)6-12(35)29(19(16)38)48-7-14-17(36)21(40)24(43)31(46)52-14/h2-6,9,14-15,17-18,21-27,31-38,40-47H,7-8H2,1H3. The first-order valence-electron chi connectivity index (χ1n) is 16.5. The third-order valence-corrected chi connectivity index (χ3v) is 9.40. The van der Waals surface area contributed by atoms with Crippen LogP contribution in [0.2, 0.25) is 0 Å². The van der Waals surface area contributed by atoms with E-state index >= 15 is 0 Å². The highest BCUT2D eigenvalue weighted by Gasteiger charge is 2.48. The lowest BCUT2D eigenvalue weighted by molar-refractivity contribution is -0.320. The van der Waals surface area contributed by atoms with Crippen molar-refractivity contribution in [3.05, 3.63) is 40.6 Å². The van der Waals surface area contributed by atoms with Gasteiger partial charge in [0.15, 0.2) is 42.2 Å². The first kappa shape index (κ1) is 39.8. The number of fused-ring (bicyclic) bond motifs is 1. The Labute approximate surface area is 303 Å². The van der Waals surface area contributed by atoms with Crippen LogP contribution in [-0.4, -0.2) is 172 Å². The van der Waals surface area contributed by atoms with Crippen molar-refractivity contribution in [1.82, 2.24) is 0 Å². The molecule has 3 fully saturated rings. The summed E-state index contributed by atoms with van der Waals surface area (Å²) in [6, 6.07) is 6.08. The van der Waals surface area contributed by atoms with Gasteiger partial charge in [0, 0.05) is 11.6 Å². The molecule has 13 N–H and O–H groups in total. The summed E-state index contributed by atoms with van der Waals surface area (Å²) in [5.74, 6) is -3.63. The van der Waals surface area contributed by atoms with Gasteiger partial charge in [-0.1, -0.05) is 0 Å². The molecule has 54 heavy (non-hydrogen) atoms. The molecule has 3 aromatic rings. The van der Waals surface area contributed by atoms with Gasteiger partial charge in [0.1, 0.15) is 84.4 Å². The molecule has 15 atom stereocenters. The van der Waals surface area contributed by atoms with Gasteiger partial charge in [0.25, 0.3) is 0 Å². The Balaban J connectivity index is 1.29. The molecule has 21 heteroatoms. The normalized spacial score (nSPS) is 37.3. The number of benzene rings is 2. The zero-order chi connectivity index (χ0) is 39.3. The molecule has 298 valence electrons. The second-order valence-corrected chi connectivity index (χ2v) is 13.1. The van der Waals surface area contributed by atoms with E-state index in [9.17, 15) is 71.2 Å². The minimum absolute atomic E-state index is 0.130. The van der Waals surface area contributed by atoms with Gasteiger partial charge in [-0.3, -0.25) is 4.79 Å². The lowest BCUT2D eigenvalue weighted by Crippen LogP contribution is -2.61. The Bertz CT molecular complexity index is 1840. The zero-order valence-electron chi connectivity index (χ0n) is 28.0. The maximum Gasteiger partial charge on any atom is 0.239 e. The molecule has 0 amide bonds. The Morgan fingerprint density at radius 3 is 1.83 bits per heavy atom. The molecule has 1 aromatic heterocycles. The highest BCUT2D eigenvalue weighted by molar-refractivity contribution is 5.91. The third-order valence-electron chi connectivity index (χ3n) is 9.40. The third kappa shape index (κ3) is 7.39. The van der Waals surface area contributed by atoms with Crippen molar-refractivity contribution in [3.63, 3.8) is 0 Å². The van der Waals surface area contributed by atoms with Crippen LogP contribution in [0.25, 0.3) is 22.3 Å². The van der Waals surface area contributed by atoms with Crippen LogP contribution < -0.4 is 14.9 Å². The topological polar surface area (TPSA) is 349 Å². The van der Waals surface area contributed by atoms with Gasteiger partial charge in [-0.2, -0.15) is 0 Å². The summed E-state index contributed by atoms with van der Waals surface area (Å²) in [4.78, 5) is 14.2. The molecule has 0 spiro atoms. The smallest absolute Gasteiger partial charge is 0.239 e. The molecule has 0 aliphatic carbocycles. The molecular formula is C33H40O21. The van der Waals surface area contributed by atoms with Crippen molar-refractivity contribution in [2.45, 2.75) is 99.0 Å². The first-order valence-corrected chi connectivity index (χ1v) is 16.5. The number of aromatic hydroxyl groups is 3. The van der Waals surface area contributed by atoms with Crippen molar-refractivity contribution >= 4 is 11.0 Å². The van der Waals surface area contributed by atoms with E-state index in [4.69, 9.17) is 32.8 Å². The van der Waals surface area contributed by atoms with Crippen LogP contribution in [0.4, 0.5) is 0 Å². The van der Waals surface area contributed by atoms with E-state index in [1.807, 2.05) is 0 Å². The predicted octanol–water partition coefficient (Wildman–Crippen LogP) is -4.21. The number of rotatable bonds is 9. The minimum atomic E-state index is -1.92. The average molecular weight is 773 g/mol. The number of aliphatic hydroxyl groups is 10. The lowest BCUT2D eigenvalue weighted by atomic mass is 9.98.